The lowest BCUT2D eigenvalue weighted by atomic mass is 9.93. The van der Waals surface area contributed by atoms with E-state index in [2.05, 4.69) is 47.1 Å². The molecule has 8 heteroatoms. The first kappa shape index (κ1) is 20.2. The molecule has 3 aromatic rings. The number of aryl methyl sites for hydroxylation is 1. The number of piperazine rings is 1. The van der Waals surface area contributed by atoms with E-state index < -0.39 is 0 Å². The monoisotopic (exact) mass is 467 g/mol. The SMILES string of the molecule is Cc1nc(N2C[C@@H]3C[C@H]2CN3C2(C)COC2)cc(-n2ncc3ccc([C@]4(C#N)CC45CC5)cc32)n1. The average molecular weight is 468 g/mol. The number of likely N-dealkylation sites (tertiary alicyclic amines) is 1. The van der Waals surface area contributed by atoms with Crippen molar-refractivity contribution in [2.45, 2.75) is 62.6 Å². The van der Waals surface area contributed by atoms with Gasteiger partial charge in [0, 0.05) is 36.6 Å². The summed E-state index contributed by atoms with van der Waals surface area (Å²) in [5.74, 6) is 2.53. The molecule has 1 aromatic carbocycles. The maximum absolute atomic E-state index is 10.0. The standard InChI is InChI=1S/C27H29N7O/c1-17-30-23(32-11-21-8-20(32)12-33(21)25(2)15-35-16-25)9-24(31-17)34-22-7-19(4-3-18(22)10-29-34)27(14-28)13-26(27)5-6-26/h3-4,7,9-10,20-21H,5-6,8,11-13,15-16H2,1-2H3/t20-,21-,27+/m0/s1. The Bertz CT molecular complexity index is 1430. The van der Waals surface area contributed by atoms with Gasteiger partial charge >= 0.3 is 0 Å². The molecule has 35 heavy (non-hydrogen) atoms. The third-order valence-electron chi connectivity index (χ3n) is 9.57. The van der Waals surface area contributed by atoms with Crippen LogP contribution in [0.1, 0.15) is 44.0 Å². The van der Waals surface area contributed by atoms with Crippen LogP contribution in [0.15, 0.2) is 30.5 Å². The third kappa shape index (κ3) is 2.60. The summed E-state index contributed by atoms with van der Waals surface area (Å²) in [6, 6.07) is 12.2. The van der Waals surface area contributed by atoms with E-state index in [4.69, 9.17) is 19.8 Å². The summed E-state index contributed by atoms with van der Waals surface area (Å²) in [5, 5.41) is 15.8. The second-order valence-electron chi connectivity index (χ2n) is 11.8. The molecule has 8 rings (SSSR count). The van der Waals surface area contributed by atoms with Gasteiger partial charge in [0.05, 0.1) is 42.0 Å². The molecule has 0 unspecified atom stereocenters. The summed E-state index contributed by atoms with van der Waals surface area (Å²) in [7, 11) is 0. The highest BCUT2D eigenvalue weighted by atomic mass is 16.5. The van der Waals surface area contributed by atoms with Crippen molar-refractivity contribution in [3.05, 3.63) is 41.9 Å². The highest BCUT2D eigenvalue weighted by Gasteiger charge is 2.75. The number of rotatable bonds is 4. The second kappa shape index (κ2) is 6.40. The first-order valence-electron chi connectivity index (χ1n) is 12.8. The van der Waals surface area contributed by atoms with Crippen LogP contribution in [0.4, 0.5) is 5.82 Å². The molecular weight excluding hydrogens is 438 g/mol. The molecule has 8 nitrogen and oxygen atoms in total. The van der Waals surface area contributed by atoms with Crippen molar-refractivity contribution < 1.29 is 4.74 Å². The highest BCUT2D eigenvalue weighted by molar-refractivity contribution is 5.82. The largest absolute Gasteiger partial charge is 0.377 e. The van der Waals surface area contributed by atoms with Gasteiger partial charge in [0.15, 0.2) is 5.82 Å². The molecule has 2 bridgehead atoms. The fraction of sp³-hybridized carbons (Fsp3) is 0.556. The Hall–Kier alpha value is -3.02. The van der Waals surface area contributed by atoms with Crippen LogP contribution >= 0.6 is 0 Å². The minimum Gasteiger partial charge on any atom is -0.377 e. The Morgan fingerprint density at radius 2 is 1.91 bits per heavy atom. The number of ether oxygens (including phenoxy) is 1. The number of hydrogen-bond donors (Lipinski definition) is 0. The van der Waals surface area contributed by atoms with Gasteiger partial charge in [-0.15, -0.1) is 0 Å². The van der Waals surface area contributed by atoms with Gasteiger partial charge in [0.25, 0.3) is 0 Å². The lowest BCUT2D eigenvalue weighted by molar-refractivity contribution is -0.136. The summed E-state index contributed by atoms with van der Waals surface area (Å²) in [5.41, 5.74) is 2.26. The minimum atomic E-state index is -0.314. The Balaban J connectivity index is 1.14. The van der Waals surface area contributed by atoms with Gasteiger partial charge in [-0.05, 0) is 56.6 Å². The van der Waals surface area contributed by atoms with Crippen molar-refractivity contribution in [3.63, 3.8) is 0 Å². The molecule has 2 saturated carbocycles. The number of nitriles is 1. The first-order chi connectivity index (χ1) is 16.9. The van der Waals surface area contributed by atoms with Crippen molar-refractivity contribution in [1.29, 1.82) is 5.26 Å². The van der Waals surface area contributed by atoms with Crippen LogP contribution in [0, 0.1) is 23.7 Å². The van der Waals surface area contributed by atoms with Gasteiger partial charge in [-0.3, -0.25) is 4.90 Å². The van der Waals surface area contributed by atoms with Gasteiger partial charge in [-0.2, -0.15) is 10.4 Å². The maximum atomic E-state index is 10.0. The van der Waals surface area contributed by atoms with Crippen LogP contribution in [-0.4, -0.2) is 68.6 Å². The van der Waals surface area contributed by atoms with Crippen LogP contribution in [0.2, 0.25) is 0 Å². The maximum Gasteiger partial charge on any atom is 0.159 e. The molecule has 2 aromatic heterocycles. The smallest absolute Gasteiger partial charge is 0.159 e. The van der Waals surface area contributed by atoms with E-state index in [1.807, 2.05) is 17.8 Å². The number of benzene rings is 1. The van der Waals surface area contributed by atoms with Crippen LogP contribution in [0.5, 0.6) is 0 Å². The van der Waals surface area contributed by atoms with Gasteiger partial charge in [-0.25, -0.2) is 14.6 Å². The zero-order chi connectivity index (χ0) is 23.6. The molecule has 3 atom stereocenters. The van der Waals surface area contributed by atoms with E-state index in [1.54, 1.807) is 0 Å². The normalized spacial score (nSPS) is 31.6. The third-order valence-corrected chi connectivity index (χ3v) is 9.57. The predicted molar refractivity (Wildman–Crippen MR) is 130 cm³/mol. The zero-order valence-electron chi connectivity index (χ0n) is 20.2. The fourth-order valence-electron chi connectivity index (χ4n) is 7.28. The van der Waals surface area contributed by atoms with Crippen molar-refractivity contribution in [2.24, 2.45) is 5.41 Å². The number of fused-ring (bicyclic) bond motifs is 3. The molecule has 0 radical (unpaired) electrons. The summed E-state index contributed by atoms with van der Waals surface area (Å²) in [6.07, 6.45) is 6.42. The van der Waals surface area contributed by atoms with Crippen LogP contribution < -0.4 is 4.90 Å². The van der Waals surface area contributed by atoms with E-state index in [-0.39, 0.29) is 16.4 Å². The Morgan fingerprint density at radius 3 is 2.57 bits per heavy atom. The lowest BCUT2D eigenvalue weighted by Crippen LogP contribution is -2.64. The molecule has 3 saturated heterocycles. The van der Waals surface area contributed by atoms with Gasteiger partial charge in [0.2, 0.25) is 0 Å². The molecule has 3 aliphatic heterocycles. The first-order valence-corrected chi connectivity index (χ1v) is 12.8. The zero-order valence-corrected chi connectivity index (χ0v) is 20.2. The van der Waals surface area contributed by atoms with Crippen molar-refractivity contribution in [1.82, 2.24) is 24.6 Å². The lowest BCUT2D eigenvalue weighted by Gasteiger charge is -2.50. The number of hydrogen-bond acceptors (Lipinski definition) is 7. The molecule has 1 spiro atoms. The summed E-state index contributed by atoms with van der Waals surface area (Å²) >= 11 is 0. The molecule has 5 aliphatic rings. The fourth-order valence-corrected chi connectivity index (χ4v) is 7.28. The molecule has 5 heterocycles. The predicted octanol–water partition coefficient (Wildman–Crippen LogP) is 3.12. The molecule has 0 amide bonds. The van der Waals surface area contributed by atoms with E-state index in [9.17, 15) is 5.26 Å². The van der Waals surface area contributed by atoms with Crippen LogP contribution in [-0.2, 0) is 10.2 Å². The Morgan fingerprint density at radius 1 is 1.09 bits per heavy atom. The molecule has 5 fully saturated rings. The second-order valence-corrected chi connectivity index (χ2v) is 11.8. The summed E-state index contributed by atoms with van der Waals surface area (Å²) in [6.45, 7) is 8.03. The summed E-state index contributed by atoms with van der Waals surface area (Å²) in [4.78, 5) is 14.7. The molecule has 0 N–H and O–H groups in total. The van der Waals surface area contributed by atoms with Crippen molar-refractivity contribution in [3.8, 4) is 11.9 Å². The molecular formula is C27H29N7O. The van der Waals surface area contributed by atoms with Crippen LogP contribution in [0.25, 0.3) is 16.7 Å². The molecule has 2 aliphatic carbocycles. The number of nitrogens with zero attached hydrogens (tertiary/aromatic N) is 7. The van der Waals surface area contributed by atoms with Gasteiger partial charge < -0.3 is 9.64 Å². The number of anilines is 1. The van der Waals surface area contributed by atoms with Crippen LogP contribution in [0.3, 0.4) is 0 Å². The van der Waals surface area contributed by atoms with E-state index in [0.29, 0.717) is 12.1 Å². The highest BCUT2D eigenvalue weighted by Crippen LogP contribution is 2.78. The van der Waals surface area contributed by atoms with Crippen molar-refractivity contribution in [2.75, 3.05) is 31.2 Å². The van der Waals surface area contributed by atoms with Crippen molar-refractivity contribution >= 4 is 16.7 Å². The quantitative estimate of drug-likeness (QED) is 0.583. The summed E-state index contributed by atoms with van der Waals surface area (Å²) < 4.78 is 7.46. The van der Waals surface area contributed by atoms with Gasteiger partial charge in [-0.1, -0.05) is 12.1 Å². The van der Waals surface area contributed by atoms with E-state index >= 15 is 0 Å². The minimum absolute atomic E-state index is 0.200. The molecule has 178 valence electrons. The van der Waals surface area contributed by atoms with E-state index in [0.717, 1.165) is 66.7 Å². The topological polar surface area (TPSA) is 83.1 Å². The Kier molecular flexibility index (Phi) is 3.69. The van der Waals surface area contributed by atoms with Gasteiger partial charge in [0.1, 0.15) is 11.6 Å². The average Bonchev–Trinajstić information content (AvgIpc) is 3.52. The van der Waals surface area contributed by atoms with E-state index in [1.165, 1.54) is 19.3 Å². The number of aromatic nitrogens is 4. The Labute approximate surface area is 204 Å².